The third-order valence-corrected chi connectivity index (χ3v) is 4.24. The molecule has 0 radical (unpaired) electrons. The minimum absolute atomic E-state index is 0.936. The molecule has 1 aliphatic heterocycles. The Morgan fingerprint density at radius 3 is 2.81 bits per heavy atom. The molecular formula is C16H23N5. The van der Waals surface area contributed by atoms with Crippen LogP contribution in [0, 0.1) is 6.92 Å². The zero-order valence-corrected chi connectivity index (χ0v) is 13.1. The Hall–Kier alpha value is -1.75. The van der Waals surface area contributed by atoms with Crippen molar-refractivity contribution in [3.8, 4) is 0 Å². The van der Waals surface area contributed by atoms with Crippen LogP contribution in [0.5, 0.6) is 0 Å². The summed E-state index contributed by atoms with van der Waals surface area (Å²) in [4.78, 5) is 16.0. The maximum Gasteiger partial charge on any atom is 0.128 e. The van der Waals surface area contributed by atoms with Gasteiger partial charge in [-0.25, -0.2) is 15.0 Å². The van der Waals surface area contributed by atoms with Gasteiger partial charge in [-0.1, -0.05) is 6.92 Å². The second kappa shape index (κ2) is 5.93. The molecule has 0 bridgehead atoms. The van der Waals surface area contributed by atoms with Crippen LogP contribution in [0.1, 0.15) is 41.9 Å². The highest BCUT2D eigenvalue weighted by Crippen LogP contribution is 2.19. The van der Waals surface area contributed by atoms with Crippen molar-refractivity contribution in [2.75, 3.05) is 6.54 Å². The van der Waals surface area contributed by atoms with Gasteiger partial charge in [0.05, 0.1) is 5.69 Å². The summed E-state index contributed by atoms with van der Waals surface area (Å²) in [6.45, 7) is 7.14. The van der Waals surface area contributed by atoms with Crippen molar-refractivity contribution in [1.29, 1.82) is 0 Å². The van der Waals surface area contributed by atoms with Gasteiger partial charge in [0.15, 0.2) is 0 Å². The standard InChI is InChI=1S/C16H23N5/c1-4-5-16-18-8-13-10-21(7-6-15(13)19-16)11-14-9-17-12(2)20(14)3/h8-9H,4-7,10-11H2,1-3H3. The fourth-order valence-electron chi connectivity index (χ4n) is 2.82. The predicted molar refractivity (Wildman–Crippen MR) is 81.8 cm³/mol. The van der Waals surface area contributed by atoms with Gasteiger partial charge >= 0.3 is 0 Å². The van der Waals surface area contributed by atoms with E-state index in [1.807, 2.05) is 19.3 Å². The maximum atomic E-state index is 4.71. The zero-order valence-electron chi connectivity index (χ0n) is 13.1. The van der Waals surface area contributed by atoms with Gasteiger partial charge in [-0.15, -0.1) is 0 Å². The second-order valence-corrected chi connectivity index (χ2v) is 5.82. The summed E-state index contributed by atoms with van der Waals surface area (Å²) in [7, 11) is 2.08. The molecule has 1 aliphatic rings. The van der Waals surface area contributed by atoms with Crippen molar-refractivity contribution < 1.29 is 0 Å². The molecule has 0 fully saturated rings. The van der Waals surface area contributed by atoms with E-state index < -0.39 is 0 Å². The van der Waals surface area contributed by atoms with Crippen LogP contribution in [0.25, 0.3) is 0 Å². The van der Waals surface area contributed by atoms with E-state index in [0.717, 1.165) is 50.5 Å². The SMILES string of the molecule is CCCc1ncc2c(n1)CCN(Cc1cnc(C)n1C)C2. The van der Waals surface area contributed by atoms with Crippen molar-refractivity contribution in [3.05, 3.63) is 41.0 Å². The predicted octanol–water partition coefficient (Wildman–Crippen LogP) is 2.03. The molecule has 2 aromatic rings. The summed E-state index contributed by atoms with van der Waals surface area (Å²) in [6.07, 6.45) is 7.10. The highest BCUT2D eigenvalue weighted by Gasteiger charge is 2.19. The van der Waals surface area contributed by atoms with E-state index in [4.69, 9.17) is 4.98 Å². The molecular weight excluding hydrogens is 262 g/mol. The monoisotopic (exact) mass is 285 g/mol. The molecule has 2 aromatic heterocycles. The maximum absolute atomic E-state index is 4.71. The van der Waals surface area contributed by atoms with Gasteiger partial charge in [-0.2, -0.15) is 0 Å². The number of aromatic nitrogens is 4. The first-order valence-corrected chi connectivity index (χ1v) is 7.70. The number of rotatable bonds is 4. The molecule has 5 heteroatoms. The van der Waals surface area contributed by atoms with Crippen molar-refractivity contribution in [2.24, 2.45) is 7.05 Å². The summed E-state index contributed by atoms with van der Waals surface area (Å²) >= 11 is 0. The van der Waals surface area contributed by atoms with Crippen molar-refractivity contribution in [3.63, 3.8) is 0 Å². The Morgan fingerprint density at radius 2 is 2.10 bits per heavy atom. The van der Waals surface area contributed by atoms with Gasteiger partial charge in [-0.05, 0) is 13.3 Å². The third-order valence-electron chi connectivity index (χ3n) is 4.24. The quantitative estimate of drug-likeness (QED) is 0.862. The van der Waals surface area contributed by atoms with Gasteiger partial charge in [0.1, 0.15) is 11.6 Å². The van der Waals surface area contributed by atoms with Gasteiger partial charge < -0.3 is 4.57 Å². The lowest BCUT2D eigenvalue weighted by atomic mass is 10.1. The molecule has 21 heavy (non-hydrogen) atoms. The molecule has 3 heterocycles. The number of hydrogen-bond acceptors (Lipinski definition) is 4. The number of hydrogen-bond donors (Lipinski definition) is 0. The lowest BCUT2D eigenvalue weighted by molar-refractivity contribution is 0.237. The molecule has 5 nitrogen and oxygen atoms in total. The van der Waals surface area contributed by atoms with Crippen molar-refractivity contribution in [2.45, 2.75) is 46.2 Å². The third kappa shape index (κ3) is 2.97. The first kappa shape index (κ1) is 14.2. The van der Waals surface area contributed by atoms with Crippen molar-refractivity contribution in [1.82, 2.24) is 24.4 Å². The first-order valence-electron chi connectivity index (χ1n) is 7.70. The molecule has 0 aliphatic carbocycles. The van der Waals surface area contributed by atoms with Crippen molar-refractivity contribution >= 4 is 0 Å². The van der Waals surface area contributed by atoms with E-state index in [1.165, 1.54) is 17.0 Å². The van der Waals surface area contributed by atoms with Crippen LogP contribution in [-0.2, 0) is 33.0 Å². The minimum Gasteiger partial charge on any atom is -0.334 e. The lowest BCUT2D eigenvalue weighted by Gasteiger charge is -2.28. The second-order valence-electron chi connectivity index (χ2n) is 5.82. The summed E-state index contributed by atoms with van der Waals surface area (Å²) in [5.74, 6) is 2.06. The van der Waals surface area contributed by atoms with Crippen LogP contribution in [0.2, 0.25) is 0 Å². The Labute approximate surface area is 126 Å². The fourth-order valence-corrected chi connectivity index (χ4v) is 2.82. The number of aryl methyl sites for hydroxylation is 2. The number of fused-ring (bicyclic) bond motifs is 1. The smallest absolute Gasteiger partial charge is 0.128 e. The average Bonchev–Trinajstić information content (AvgIpc) is 2.80. The topological polar surface area (TPSA) is 46.8 Å². The molecule has 0 aromatic carbocycles. The van der Waals surface area contributed by atoms with E-state index in [9.17, 15) is 0 Å². The molecule has 0 saturated heterocycles. The van der Waals surface area contributed by atoms with Crippen LogP contribution in [-0.4, -0.2) is 31.0 Å². The summed E-state index contributed by atoms with van der Waals surface area (Å²) in [5.41, 5.74) is 3.78. The molecule has 0 saturated carbocycles. The lowest BCUT2D eigenvalue weighted by Crippen LogP contribution is -2.31. The van der Waals surface area contributed by atoms with Gasteiger partial charge in [0, 0.05) is 63.2 Å². The minimum atomic E-state index is 0.936. The van der Waals surface area contributed by atoms with Crippen LogP contribution in [0.3, 0.4) is 0 Å². The highest BCUT2D eigenvalue weighted by atomic mass is 15.2. The van der Waals surface area contributed by atoms with E-state index in [1.54, 1.807) is 0 Å². The first-order chi connectivity index (χ1) is 10.2. The Balaban J connectivity index is 1.71. The highest BCUT2D eigenvalue weighted by molar-refractivity contribution is 5.21. The van der Waals surface area contributed by atoms with Gasteiger partial charge in [0.25, 0.3) is 0 Å². The largest absolute Gasteiger partial charge is 0.334 e. The van der Waals surface area contributed by atoms with Crippen LogP contribution >= 0.6 is 0 Å². The molecule has 0 spiro atoms. The molecule has 0 atom stereocenters. The molecule has 112 valence electrons. The van der Waals surface area contributed by atoms with Gasteiger partial charge in [0.2, 0.25) is 0 Å². The summed E-state index contributed by atoms with van der Waals surface area (Å²) in [5, 5.41) is 0. The Bertz CT molecular complexity index is 632. The van der Waals surface area contributed by atoms with Gasteiger partial charge in [-0.3, -0.25) is 4.90 Å². The molecule has 0 unspecified atom stereocenters. The average molecular weight is 285 g/mol. The molecule has 0 N–H and O–H groups in total. The van der Waals surface area contributed by atoms with E-state index in [-0.39, 0.29) is 0 Å². The molecule has 0 amide bonds. The normalized spacial score (nSPS) is 15.2. The van der Waals surface area contributed by atoms with Crippen LogP contribution < -0.4 is 0 Å². The van der Waals surface area contributed by atoms with E-state index in [0.29, 0.717) is 0 Å². The van der Waals surface area contributed by atoms with Crippen LogP contribution in [0.15, 0.2) is 12.4 Å². The zero-order chi connectivity index (χ0) is 14.8. The number of nitrogens with zero attached hydrogens (tertiary/aromatic N) is 5. The fraction of sp³-hybridized carbons (Fsp3) is 0.562. The Kier molecular flexibility index (Phi) is 4.01. The number of imidazole rings is 1. The van der Waals surface area contributed by atoms with E-state index >= 15 is 0 Å². The van der Waals surface area contributed by atoms with Crippen LogP contribution in [0.4, 0.5) is 0 Å². The molecule has 3 rings (SSSR count). The Morgan fingerprint density at radius 1 is 1.24 bits per heavy atom. The summed E-state index contributed by atoms with van der Waals surface area (Å²) < 4.78 is 2.16. The summed E-state index contributed by atoms with van der Waals surface area (Å²) in [6, 6.07) is 0. The van der Waals surface area contributed by atoms with E-state index in [2.05, 4.69) is 33.4 Å².